The number of hydrogen-bond acceptors (Lipinski definition) is 17. The molecule has 2 fully saturated rings. The fourth-order valence-corrected chi connectivity index (χ4v) is 13.1. The predicted molar refractivity (Wildman–Crippen MR) is 309 cm³/mol. The van der Waals surface area contributed by atoms with Crippen LogP contribution in [-0.2, 0) is 51.0 Å². The number of aliphatic hydroxyl groups excluding tert-OH is 2. The molecule has 0 aliphatic carbocycles. The number of ether oxygens (including phenoxy) is 1. The van der Waals surface area contributed by atoms with Crippen molar-refractivity contribution < 1.29 is 45.4 Å². The Kier molecular flexibility index (Phi) is 17.0. The van der Waals surface area contributed by atoms with Gasteiger partial charge in [-0.2, -0.15) is 8.61 Å². The number of pyridine rings is 2. The Bertz CT molecular complexity index is 3740. The molecule has 23 heteroatoms. The van der Waals surface area contributed by atoms with Gasteiger partial charge in [0.2, 0.25) is 31.8 Å². The molecule has 2 unspecified atom stereocenters. The van der Waals surface area contributed by atoms with Gasteiger partial charge in [-0.1, -0.05) is 24.3 Å². The van der Waals surface area contributed by atoms with E-state index in [0.29, 0.717) is 66.0 Å². The molecule has 4 aromatic carbocycles. The first-order chi connectivity index (χ1) is 39.0. The van der Waals surface area contributed by atoms with E-state index in [9.17, 15) is 31.8 Å². The van der Waals surface area contributed by atoms with Crippen molar-refractivity contribution in [2.24, 2.45) is 0 Å². The molecule has 428 valence electrons. The minimum Gasteiger partial charge on any atom is -0.445 e. The fourth-order valence-electron chi connectivity index (χ4n) is 10.3. The van der Waals surface area contributed by atoms with Crippen molar-refractivity contribution in [3.63, 3.8) is 0 Å². The van der Waals surface area contributed by atoms with Crippen LogP contribution in [0.25, 0.3) is 22.9 Å². The predicted octanol–water partition coefficient (Wildman–Crippen LogP) is 7.93. The number of hydrogen-bond donors (Lipinski definition) is 3. The van der Waals surface area contributed by atoms with Gasteiger partial charge in [-0.15, -0.1) is 12.4 Å². The topological polar surface area (TPSA) is 241 Å². The minimum atomic E-state index is -3.76. The molecule has 4 aliphatic rings. The van der Waals surface area contributed by atoms with Gasteiger partial charge in [-0.25, -0.2) is 31.6 Å². The fraction of sp³-hybridized carbons (Fsp3) is 0.305. The molecule has 0 spiro atoms. The summed E-state index contributed by atoms with van der Waals surface area (Å²) < 4.78 is 72.5. The van der Waals surface area contributed by atoms with E-state index in [1.54, 1.807) is 78.1 Å². The number of sulfonamides is 2. The Morgan fingerprint density at radius 3 is 1.41 bits per heavy atom. The summed E-state index contributed by atoms with van der Waals surface area (Å²) in [4.78, 5) is 36.2. The van der Waals surface area contributed by atoms with Crippen LogP contribution in [0, 0.1) is 0 Å². The molecule has 0 saturated carbocycles. The number of piperazine rings is 2. The molecule has 1 amide bonds. The average molecular weight is 1170 g/mol. The lowest BCUT2D eigenvalue weighted by molar-refractivity contribution is 0.0240. The number of amides is 1. The smallest absolute Gasteiger partial charge is 0.410 e. The zero-order valence-corrected chi connectivity index (χ0v) is 47.9. The maximum absolute atomic E-state index is 13.4. The second-order valence-corrected chi connectivity index (χ2v) is 25.1. The molecule has 0 radical (unpaired) electrons. The standard InChI is InChI=1S/C32H35N5O6S.C27H27N5O4S.ClH/c1-32(2,3)43-31(39)36-14-12-35(13-15-36)26-6-4-5-23(17-26)29(38)28-18-24-20-37(21-25(24)19-34-28)44(40,41)27-9-7-22(8-10-27)30-33-11-16-42-30;33-26(20-2-1-3-23(14-20)31-11-8-28-9-12-31)25-15-21-17-32(18-22(21)16-30-25)37(34,35)24-6-4-19(5-7-24)27-29-10-13-36-27;/h4-11,16-19,29,38H,12-15,20-21H2,1-3H3;1-7,10,13-16,26,28,33H,8-9,11-12,17-18H2;1H. The highest BCUT2D eigenvalue weighted by Crippen LogP contribution is 2.35. The zero-order chi connectivity index (χ0) is 56.5. The van der Waals surface area contributed by atoms with Gasteiger partial charge in [0, 0.05) is 113 Å². The van der Waals surface area contributed by atoms with Crippen LogP contribution in [0.1, 0.15) is 77.7 Å². The van der Waals surface area contributed by atoms with Gasteiger partial charge in [0.25, 0.3) is 0 Å². The second kappa shape index (κ2) is 24.1. The van der Waals surface area contributed by atoms with E-state index < -0.39 is 37.9 Å². The summed E-state index contributed by atoms with van der Waals surface area (Å²) in [7, 11) is -7.47. The van der Waals surface area contributed by atoms with Crippen LogP contribution in [0.5, 0.6) is 0 Å². The number of nitrogens with zero attached hydrogens (tertiary/aromatic N) is 9. The largest absolute Gasteiger partial charge is 0.445 e. The number of nitrogens with one attached hydrogen (secondary N) is 1. The highest BCUT2D eigenvalue weighted by molar-refractivity contribution is 7.89. The van der Waals surface area contributed by atoms with Crippen LogP contribution in [0.3, 0.4) is 0 Å². The van der Waals surface area contributed by atoms with Crippen LogP contribution in [-0.4, -0.2) is 125 Å². The van der Waals surface area contributed by atoms with E-state index in [0.717, 1.165) is 65.4 Å². The van der Waals surface area contributed by atoms with Crippen LogP contribution >= 0.6 is 12.4 Å². The zero-order valence-electron chi connectivity index (χ0n) is 45.4. The summed E-state index contributed by atoms with van der Waals surface area (Å²) in [6.07, 6.45) is 7.15. The first kappa shape index (κ1) is 57.7. The van der Waals surface area contributed by atoms with Gasteiger partial charge in [-0.3, -0.25) is 9.97 Å². The summed E-state index contributed by atoms with van der Waals surface area (Å²) in [5.74, 6) is 0.860. The number of carbonyl (C=O) groups excluding carboxylic acids is 1. The van der Waals surface area contributed by atoms with E-state index in [-0.39, 0.29) is 54.5 Å². The Labute approximate surface area is 482 Å². The first-order valence-corrected chi connectivity index (χ1v) is 29.5. The lowest BCUT2D eigenvalue weighted by Gasteiger charge is -2.37. The molecule has 12 rings (SSSR count). The number of aliphatic hydroxyl groups is 2. The Hall–Kier alpha value is -7.54. The molecule has 0 bridgehead atoms. The van der Waals surface area contributed by atoms with E-state index in [2.05, 4.69) is 41.1 Å². The number of anilines is 2. The molecule has 20 nitrogen and oxygen atoms in total. The van der Waals surface area contributed by atoms with E-state index in [4.69, 9.17) is 13.6 Å². The third-order valence-electron chi connectivity index (χ3n) is 14.6. The van der Waals surface area contributed by atoms with E-state index >= 15 is 0 Å². The third-order valence-corrected chi connectivity index (χ3v) is 18.3. The first-order valence-electron chi connectivity index (χ1n) is 26.7. The number of rotatable bonds is 12. The number of carbonyl (C=O) groups is 1. The minimum absolute atomic E-state index is 0. The van der Waals surface area contributed by atoms with Crippen molar-refractivity contribution in [3.8, 4) is 22.9 Å². The molecule has 8 heterocycles. The molecule has 4 aromatic heterocycles. The van der Waals surface area contributed by atoms with Gasteiger partial charge < -0.3 is 43.8 Å². The van der Waals surface area contributed by atoms with E-state index in [1.807, 2.05) is 69.3 Å². The Morgan fingerprint density at radius 1 is 0.573 bits per heavy atom. The summed E-state index contributed by atoms with van der Waals surface area (Å²) in [6, 6.07) is 32.1. The Balaban J connectivity index is 0.000000184. The number of halogens is 1. The average Bonchev–Trinajstić information content (AvgIpc) is 4.52. The lowest BCUT2D eigenvalue weighted by Crippen LogP contribution is -2.50. The molecule has 3 N–H and O–H groups in total. The van der Waals surface area contributed by atoms with Gasteiger partial charge in [0.05, 0.1) is 33.6 Å². The molecule has 82 heavy (non-hydrogen) atoms. The van der Waals surface area contributed by atoms with Crippen molar-refractivity contribution in [1.82, 2.24) is 38.8 Å². The molecular formula is C59H63ClN10O10S2. The molecule has 2 atom stereocenters. The lowest BCUT2D eigenvalue weighted by atomic mass is 10.0. The highest BCUT2D eigenvalue weighted by Gasteiger charge is 2.34. The van der Waals surface area contributed by atoms with Crippen LogP contribution in [0.4, 0.5) is 16.2 Å². The van der Waals surface area contributed by atoms with Crippen LogP contribution in [0.15, 0.2) is 165 Å². The summed E-state index contributed by atoms with van der Waals surface area (Å²) in [6.45, 7) is 12.5. The molecule has 4 aliphatic heterocycles. The summed E-state index contributed by atoms with van der Waals surface area (Å²) in [5.41, 5.74) is 8.57. The maximum atomic E-state index is 13.4. The quantitative estimate of drug-likeness (QED) is 0.105. The van der Waals surface area contributed by atoms with Crippen LogP contribution in [0.2, 0.25) is 0 Å². The van der Waals surface area contributed by atoms with Gasteiger partial charge in [0.1, 0.15) is 30.3 Å². The van der Waals surface area contributed by atoms with E-state index in [1.165, 1.54) is 27.3 Å². The van der Waals surface area contributed by atoms with Crippen molar-refractivity contribution in [2.75, 3.05) is 62.2 Å². The van der Waals surface area contributed by atoms with Crippen molar-refractivity contribution >= 4 is 49.9 Å². The molecular weight excluding hydrogens is 1110 g/mol. The monoisotopic (exact) mass is 1170 g/mol. The molecule has 8 aromatic rings. The summed E-state index contributed by atoms with van der Waals surface area (Å²) in [5, 5.41) is 25.7. The Morgan fingerprint density at radius 2 is 1.00 bits per heavy atom. The SMILES string of the molecule is CC(C)(C)OC(=O)N1CCN(c2cccc(C(O)c3cc4c(cn3)CN(S(=O)(=O)c3ccc(-c5ncco5)cc3)C4)c2)CC1.Cl.O=S(=O)(c1ccc(-c2ncco2)cc1)N1Cc2cnc(C(O)c3cccc(N4CCNCC4)c3)cc2C1. The van der Waals surface area contributed by atoms with Gasteiger partial charge >= 0.3 is 6.09 Å². The third kappa shape index (κ3) is 12.6. The number of oxazole rings is 2. The summed E-state index contributed by atoms with van der Waals surface area (Å²) >= 11 is 0. The van der Waals surface area contributed by atoms with Gasteiger partial charge in [0.15, 0.2) is 0 Å². The van der Waals surface area contributed by atoms with Crippen molar-refractivity contribution in [2.45, 2.75) is 74.6 Å². The van der Waals surface area contributed by atoms with Crippen molar-refractivity contribution in [1.29, 1.82) is 0 Å². The number of fused-ring (bicyclic) bond motifs is 2. The maximum Gasteiger partial charge on any atom is 0.410 e. The van der Waals surface area contributed by atoms with Gasteiger partial charge in [-0.05, 0) is 139 Å². The normalized spacial score (nSPS) is 16.6. The second-order valence-electron chi connectivity index (χ2n) is 21.2. The van der Waals surface area contributed by atoms with Crippen molar-refractivity contribution in [3.05, 3.63) is 191 Å². The highest BCUT2D eigenvalue weighted by atomic mass is 35.5. The van der Waals surface area contributed by atoms with Crippen LogP contribution < -0.4 is 15.1 Å². The number of benzene rings is 4. The number of aromatic nitrogens is 4. The molecule has 2 saturated heterocycles.